The van der Waals surface area contributed by atoms with Crippen LogP contribution in [0.3, 0.4) is 0 Å². The fraction of sp³-hybridized carbons (Fsp3) is 0.133. The van der Waals surface area contributed by atoms with Gasteiger partial charge in [0.1, 0.15) is 12.4 Å². The van der Waals surface area contributed by atoms with Crippen LogP contribution >= 0.6 is 15.9 Å². The van der Waals surface area contributed by atoms with Crippen LogP contribution in [0.4, 0.5) is 11.4 Å². The van der Waals surface area contributed by atoms with Crippen LogP contribution in [0.1, 0.15) is 10.4 Å². The van der Waals surface area contributed by atoms with Crippen molar-refractivity contribution >= 4 is 33.2 Å². The zero-order chi connectivity index (χ0) is 15.7. The third-order valence-corrected chi connectivity index (χ3v) is 4.06. The van der Waals surface area contributed by atoms with Crippen LogP contribution in [0, 0.1) is 10.1 Å². The Labute approximate surface area is 134 Å². The number of carbonyl (C=O) groups is 1. The van der Waals surface area contributed by atoms with E-state index in [0.29, 0.717) is 34.6 Å². The maximum Gasteiger partial charge on any atom is 0.271 e. The lowest BCUT2D eigenvalue weighted by Gasteiger charge is -2.29. The molecule has 112 valence electrons. The van der Waals surface area contributed by atoms with Gasteiger partial charge in [-0.25, -0.2) is 0 Å². The Kier molecular flexibility index (Phi) is 3.81. The molecule has 1 aliphatic rings. The van der Waals surface area contributed by atoms with Crippen molar-refractivity contribution in [2.75, 3.05) is 18.1 Å². The van der Waals surface area contributed by atoms with Gasteiger partial charge in [-0.3, -0.25) is 14.9 Å². The molecule has 0 unspecified atom stereocenters. The van der Waals surface area contributed by atoms with E-state index in [0.717, 1.165) is 0 Å². The van der Waals surface area contributed by atoms with Crippen molar-refractivity contribution in [1.82, 2.24) is 0 Å². The summed E-state index contributed by atoms with van der Waals surface area (Å²) in [5.41, 5.74) is 0.845. The van der Waals surface area contributed by atoms with E-state index >= 15 is 0 Å². The van der Waals surface area contributed by atoms with E-state index in [-0.39, 0.29) is 11.6 Å². The number of ether oxygens (including phenoxy) is 1. The molecular formula is C15H11BrN2O4. The van der Waals surface area contributed by atoms with Crippen LogP contribution in [-0.2, 0) is 0 Å². The second-order valence-electron chi connectivity index (χ2n) is 4.69. The molecule has 1 amide bonds. The van der Waals surface area contributed by atoms with Gasteiger partial charge in [0.25, 0.3) is 11.6 Å². The molecule has 2 aromatic rings. The Hall–Kier alpha value is -2.41. The average Bonchev–Trinajstić information content (AvgIpc) is 2.53. The highest BCUT2D eigenvalue weighted by molar-refractivity contribution is 9.10. The summed E-state index contributed by atoms with van der Waals surface area (Å²) < 4.78 is 6.16. The normalized spacial score (nSPS) is 13.2. The summed E-state index contributed by atoms with van der Waals surface area (Å²) in [5.74, 6) is 0.245. The fourth-order valence-electron chi connectivity index (χ4n) is 2.31. The molecule has 0 saturated heterocycles. The van der Waals surface area contributed by atoms with E-state index in [1.165, 1.54) is 23.1 Å². The molecule has 3 rings (SSSR count). The van der Waals surface area contributed by atoms with Crippen molar-refractivity contribution in [1.29, 1.82) is 0 Å². The molecule has 6 nitrogen and oxygen atoms in total. The molecular weight excluding hydrogens is 352 g/mol. The first kappa shape index (κ1) is 14.5. The highest BCUT2D eigenvalue weighted by Gasteiger charge is 2.27. The molecule has 0 aliphatic carbocycles. The average molecular weight is 363 g/mol. The van der Waals surface area contributed by atoms with E-state index in [9.17, 15) is 14.9 Å². The minimum atomic E-state index is -0.490. The molecule has 0 N–H and O–H groups in total. The minimum absolute atomic E-state index is 0.0748. The summed E-state index contributed by atoms with van der Waals surface area (Å²) in [7, 11) is 0. The van der Waals surface area contributed by atoms with Crippen molar-refractivity contribution in [2.24, 2.45) is 0 Å². The molecule has 2 aromatic carbocycles. The van der Waals surface area contributed by atoms with E-state index < -0.39 is 4.92 Å². The molecule has 1 heterocycles. The zero-order valence-electron chi connectivity index (χ0n) is 11.4. The minimum Gasteiger partial charge on any atom is -0.490 e. The number of nitrogens with zero attached hydrogens (tertiary/aromatic N) is 2. The van der Waals surface area contributed by atoms with Gasteiger partial charge in [0.2, 0.25) is 0 Å². The van der Waals surface area contributed by atoms with Gasteiger partial charge in [-0.1, -0.05) is 12.1 Å². The van der Waals surface area contributed by atoms with E-state index in [4.69, 9.17) is 4.74 Å². The first-order valence-corrected chi connectivity index (χ1v) is 7.35. The third-order valence-electron chi connectivity index (χ3n) is 3.37. The largest absolute Gasteiger partial charge is 0.490 e. The predicted octanol–water partition coefficient (Wildman–Crippen LogP) is 3.40. The highest BCUT2D eigenvalue weighted by atomic mass is 79.9. The SMILES string of the molecule is O=C(c1ccccc1Br)N1CCOc2ccc([N+](=O)[O-])cc21. The van der Waals surface area contributed by atoms with Crippen molar-refractivity contribution in [3.8, 4) is 5.75 Å². The van der Waals surface area contributed by atoms with Gasteiger partial charge < -0.3 is 9.64 Å². The van der Waals surface area contributed by atoms with Crippen LogP contribution in [0.15, 0.2) is 46.9 Å². The van der Waals surface area contributed by atoms with Crippen LogP contribution in [0.25, 0.3) is 0 Å². The number of non-ortho nitro benzene ring substituents is 1. The summed E-state index contributed by atoms with van der Waals surface area (Å²) in [5, 5.41) is 10.9. The molecule has 1 aliphatic heterocycles. The van der Waals surface area contributed by atoms with Crippen LogP contribution in [0.5, 0.6) is 5.75 Å². The zero-order valence-corrected chi connectivity index (χ0v) is 12.9. The maximum atomic E-state index is 12.7. The maximum absolute atomic E-state index is 12.7. The molecule has 0 bridgehead atoms. The first-order chi connectivity index (χ1) is 10.6. The Bertz CT molecular complexity index is 763. The van der Waals surface area contributed by atoms with Gasteiger partial charge in [0.05, 0.1) is 22.7 Å². The van der Waals surface area contributed by atoms with Crippen LogP contribution in [0.2, 0.25) is 0 Å². The number of nitro benzene ring substituents is 1. The molecule has 22 heavy (non-hydrogen) atoms. The summed E-state index contributed by atoms with van der Waals surface area (Å²) in [6, 6.07) is 11.3. The van der Waals surface area contributed by atoms with Gasteiger partial charge in [0.15, 0.2) is 0 Å². The van der Waals surface area contributed by atoms with Gasteiger partial charge in [-0.05, 0) is 34.1 Å². The molecule has 0 spiro atoms. The number of fused-ring (bicyclic) bond motifs is 1. The summed E-state index contributed by atoms with van der Waals surface area (Å²) in [4.78, 5) is 24.7. The number of halogens is 1. The van der Waals surface area contributed by atoms with Crippen LogP contribution < -0.4 is 9.64 Å². The topological polar surface area (TPSA) is 72.7 Å². The lowest BCUT2D eigenvalue weighted by Crippen LogP contribution is -2.38. The van der Waals surface area contributed by atoms with Gasteiger partial charge in [-0.15, -0.1) is 0 Å². The van der Waals surface area contributed by atoms with Crippen molar-refractivity contribution in [2.45, 2.75) is 0 Å². The number of hydrogen-bond donors (Lipinski definition) is 0. The number of anilines is 1. The molecule has 0 atom stereocenters. The second kappa shape index (κ2) is 5.76. The van der Waals surface area contributed by atoms with Gasteiger partial charge >= 0.3 is 0 Å². The van der Waals surface area contributed by atoms with Gasteiger partial charge in [-0.2, -0.15) is 0 Å². The fourth-order valence-corrected chi connectivity index (χ4v) is 2.77. The third kappa shape index (κ3) is 2.55. The molecule has 0 radical (unpaired) electrons. The van der Waals surface area contributed by atoms with Crippen molar-refractivity contribution in [3.05, 3.63) is 62.6 Å². The van der Waals surface area contributed by atoms with E-state index in [1.54, 1.807) is 18.2 Å². The first-order valence-electron chi connectivity index (χ1n) is 6.55. The lowest BCUT2D eigenvalue weighted by molar-refractivity contribution is -0.384. The molecule has 0 fully saturated rings. The van der Waals surface area contributed by atoms with Gasteiger partial charge in [0, 0.05) is 16.6 Å². The highest BCUT2D eigenvalue weighted by Crippen LogP contribution is 2.36. The number of rotatable bonds is 2. The standard InChI is InChI=1S/C15H11BrN2O4/c16-12-4-2-1-3-11(12)15(19)17-7-8-22-14-6-5-10(18(20)21)9-13(14)17/h1-6,9H,7-8H2. The summed E-state index contributed by atoms with van der Waals surface area (Å²) >= 11 is 3.35. The monoisotopic (exact) mass is 362 g/mol. The Morgan fingerprint density at radius 3 is 2.77 bits per heavy atom. The second-order valence-corrected chi connectivity index (χ2v) is 5.55. The predicted molar refractivity (Wildman–Crippen MR) is 84.4 cm³/mol. The Balaban J connectivity index is 2.04. The smallest absolute Gasteiger partial charge is 0.271 e. The Morgan fingerprint density at radius 1 is 1.27 bits per heavy atom. The van der Waals surface area contributed by atoms with Crippen molar-refractivity contribution < 1.29 is 14.5 Å². The molecule has 0 aromatic heterocycles. The molecule has 7 heteroatoms. The number of amides is 1. The number of carbonyl (C=O) groups excluding carboxylic acids is 1. The summed E-state index contributed by atoms with van der Waals surface area (Å²) in [6.45, 7) is 0.690. The van der Waals surface area contributed by atoms with E-state index in [1.807, 2.05) is 6.07 Å². The van der Waals surface area contributed by atoms with E-state index in [2.05, 4.69) is 15.9 Å². The number of nitro groups is 1. The van der Waals surface area contributed by atoms with Crippen molar-refractivity contribution in [3.63, 3.8) is 0 Å². The quantitative estimate of drug-likeness (QED) is 0.606. The van der Waals surface area contributed by atoms with Crippen LogP contribution in [-0.4, -0.2) is 24.0 Å². The number of hydrogen-bond acceptors (Lipinski definition) is 4. The summed E-state index contributed by atoms with van der Waals surface area (Å²) in [6.07, 6.45) is 0. The molecule has 0 saturated carbocycles. The lowest BCUT2D eigenvalue weighted by atomic mass is 10.1. The Morgan fingerprint density at radius 2 is 2.05 bits per heavy atom. The number of benzene rings is 2.